The van der Waals surface area contributed by atoms with Crippen LogP contribution in [0.3, 0.4) is 0 Å². The predicted octanol–water partition coefficient (Wildman–Crippen LogP) is 9.15. The molecule has 2 N–H and O–H groups in total. The fourth-order valence-corrected chi connectivity index (χ4v) is 8.11. The second kappa shape index (κ2) is 18.3. The summed E-state index contributed by atoms with van der Waals surface area (Å²) in [5.41, 5.74) is 4.40. The third-order valence-corrected chi connectivity index (χ3v) is 11.9. The van der Waals surface area contributed by atoms with Crippen LogP contribution in [0.2, 0.25) is 10.0 Å². The van der Waals surface area contributed by atoms with Crippen LogP contribution >= 0.6 is 23.2 Å². The van der Waals surface area contributed by atoms with E-state index in [0.717, 1.165) is 21.6 Å². The van der Waals surface area contributed by atoms with Gasteiger partial charge in [0.05, 0.1) is 21.7 Å². The van der Waals surface area contributed by atoms with Gasteiger partial charge in [-0.15, -0.1) is 0 Å². The van der Waals surface area contributed by atoms with Crippen LogP contribution < -0.4 is 14.8 Å². The van der Waals surface area contributed by atoms with E-state index in [1.165, 1.54) is 0 Å². The molecule has 0 spiro atoms. The SMILES string of the molecule is N#Cc1ccc(-c2ccc(C[C@H](NC(=O)[C@@H]3Cc4cc5c(cc4CN3C(=O)c3c(F)cc(F)cc3F)OC(c3ccc(OCc4ccc(Cl)c(Cl)c4)cc3)C(=O)C5)C(=O)O)cc2)cc1. The molecule has 10 nitrogen and oxygen atoms in total. The van der Waals surface area contributed by atoms with Crippen LogP contribution in [0.4, 0.5) is 13.2 Å². The predicted molar refractivity (Wildman–Crippen MR) is 229 cm³/mol. The minimum atomic E-state index is -1.49. The number of carbonyl (C=O) groups excluding carboxylic acids is 3. The lowest BCUT2D eigenvalue weighted by Gasteiger charge is -2.37. The summed E-state index contributed by atoms with van der Waals surface area (Å²) >= 11 is 12.1. The molecule has 0 fully saturated rings. The highest BCUT2D eigenvalue weighted by Crippen LogP contribution is 2.38. The average molecular weight is 905 g/mol. The number of nitriles is 1. The van der Waals surface area contributed by atoms with Crippen molar-refractivity contribution in [3.05, 3.63) is 187 Å². The van der Waals surface area contributed by atoms with E-state index in [1.807, 2.05) is 0 Å². The molecule has 6 aromatic rings. The Balaban J connectivity index is 1.02. The number of hydrogen-bond acceptors (Lipinski definition) is 7. The Morgan fingerprint density at radius 3 is 2.12 bits per heavy atom. The summed E-state index contributed by atoms with van der Waals surface area (Å²) < 4.78 is 56.3. The Hall–Kier alpha value is -7.14. The van der Waals surface area contributed by atoms with E-state index < -0.39 is 59.0 Å². The van der Waals surface area contributed by atoms with Crippen molar-refractivity contribution in [1.82, 2.24) is 10.2 Å². The van der Waals surface area contributed by atoms with Gasteiger partial charge in [0, 0.05) is 49.1 Å². The molecule has 2 aliphatic heterocycles. The third-order valence-electron chi connectivity index (χ3n) is 11.1. The molecule has 0 bridgehead atoms. The van der Waals surface area contributed by atoms with Crippen LogP contribution in [0, 0.1) is 28.8 Å². The van der Waals surface area contributed by atoms with Gasteiger partial charge in [-0.2, -0.15) is 5.26 Å². The number of nitrogens with zero attached hydrogens (tertiary/aromatic N) is 2. The smallest absolute Gasteiger partial charge is 0.326 e. The lowest BCUT2D eigenvalue weighted by molar-refractivity contribution is -0.142. The van der Waals surface area contributed by atoms with E-state index in [9.17, 15) is 28.7 Å². The van der Waals surface area contributed by atoms with E-state index in [1.54, 1.807) is 103 Å². The van der Waals surface area contributed by atoms with E-state index >= 15 is 8.78 Å². The van der Waals surface area contributed by atoms with Crippen LogP contribution in [0.15, 0.2) is 115 Å². The Morgan fingerprint density at radius 2 is 1.48 bits per heavy atom. The van der Waals surface area contributed by atoms with Crippen molar-refractivity contribution in [3.63, 3.8) is 0 Å². The fourth-order valence-electron chi connectivity index (χ4n) is 7.79. The zero-order chi connectivity index (χ0) is 45.2. The fraction of sp³-hybridized carbons (Fsp3) is 0.163. The largest absolute Gasteiger partial charge is 0.489 e. The molecule has 0 saturated carbocycles. The molecule has 0 saturated heterocycles. The lowest BCUT2D eigenvalue weighted by Crippen LogP contribution is -2.56. The molecule has 322 valence electrons. The molecule has 2 aliphatic rings. The Bertz CT molecular complexity index is 2850. The van der Waals surface area contributed by atoms with Gasteiger partial charge in [0.15, 0.2) is 11.9 Å². The molecule has 0 radical (unpaired) electrons. The molecule has 0 aromatic heterocycles. The average Bonchev–Trinajstić information content (AvgIpc) is 3.28. The number of benzene rings is 6. The first-order valence-electron chi connectivity index (χ1n) is 19.8. The van der Waals surface area contributed by atoms with Gasteiger partial charge in [0.25, 0.3) is 5.91 Å². The number of carbonyl (C=O) groups is 4. The van der Waals surface area contributed by atoms with Gasteiger partial charge in [0.1, 0.15) is 53.2 Å². The summed E-state index contributed by atoms with van der Waals surface area (Å²) in [4.78, 5) is 55.2. The summed E-state index contributed by atoms with van der Waals surface area (Å²) in [6.07, 6.45) is -1.43. The molecule has 64 heavy (non-hydrogen) atoms. The maximum absolute atomic E-state index is 15.1. The summed E-state index contributed by atoms with van der Waals surface area (Å²) in [5.74, 6) is -7.20. The number of amides is 2. The number of ether oxygens (including phenoxy) is 2. The Morgan fingerprint density at radius 1 is 0.828 bits per heavy atom. The number of Topliss-reactive ketones (excluding diaryl/α,β-unsaturated/α-hetero) is 1. The van der Waals surface area contributed by atoms with Crippen molar-refractivity contribution >= 4 is 46.8 Å². The Kier molecular flexibility index (Phi) is 12.4. The van der Waals surface area contributed by atoms with Crippen molar-refractivity contribution in [2.24, 2.45) is 0 Å². The van der Waals surface area contributed by atoms with Crippen molar-refractivity contribution in [2.45, 2.75) is 50.6 Å². The van der Waals surface area contributed by atoms with Gasteiger partial charge in [-0.25, -0.2) is 18.0 Å². The zero-order valence-corrected chi connectivity index (χ0v) is 34.9. The van der Waals surface area contributed by atoms with Crippen molar-refractivity contribution < 1.29 is 46.9 Å². The second-order valence-electron chi connectivity index (χ2n) is 15.4. The van der Waals surface area contributed by atoms with Gasteiger partial charge >= 0.3 is 5.97 Å². The minimum Gasteiger partial charge on any atom is -0.489 e. The number of rotatable bonds is 11. The highest BCUT2D eigenvalue weighted by atomic mass is 35.5. The maximum atomic E-state index is 15.1. The first kappa shape index (κ1) is 43.5. The molecule has 15 heteroatoms. The number of carboxylic acids is 1. The molecule has 2 amide bonds. The third kappa shape index (κ3) is 9.29. The molecule has 0 aliphatic carbocycles. The van der Waals surface area contributed by atoms with Gasteiger partial charge < -0.3 is 24.8 Å². The standard InChI is InChI=1S/C49H34Cl2F3N3O7/c50-37-14-5-28(15-38(37)51)25-63-36-12-10-31(11-13-36)46-43(58)19-33-17-32-18-42(57(24-34(32)20-44(33)64-46)48(60)45-39(53)21-35(52)22-40(45)54)47(59)56-41(49(61)62)16-26-1-6-29(7-2-26)30-8-3-27(23-55)4-9-30/h1-15,17,20-22,41-42,46H,16,18-19,24-25H2,(H,56,59)(H,61,62)/t41-,42-,46?/m0/s1. The van der Waals surface area contributed by atoms with Gasteiger partial charge in [0.2, 0.25) is 5.91 Å². The summed E-state index contributed by atoms with van der Waals surface area (Å²) in [7, 11) is 0. The molecule has 3 atom stereocenters. The highest BCUT2D eigenvalue weighted by molar-refractivity contribution is 6.42. The number of halogens is 5. The van der Waals surface area contributed by atoms with Crippen LogP contribution in [0.1, 0.15) is 55.4 Å². The second-order valence-corrected chi connectivity index (χ2v) is 16.2. The Labute approximate surface area is 374 Å². The van der Waals surface area contributed by atoms with E-state index in [4.69, 9.17) is 37.9 Å². The van der Waals surface area contributed by atoms with E-state index in [2.05, 4.69) is 11.4 Å². The number of ketones is 1. The number of nitrogens with one attached hydrogen (secondary N) is 1. The monoisotopic (exact) mass is 903 g/mol. The quantitative estimate of drug-likeness (QED) is 0.131. The summed E-state index contributed by atoms with van der Waals surface area (Å²) in [6, 6.07) is 28.9. The van der Waals surface area contributed by atoms with Gasteiger partial charge in [-0.1, -0.05) is 83.9 Å². The van der Waals surface area contributed by atoms with Gasteiger partial charge in [-0.3, -0.25) is 14.4 Å². The van der Waals surface area contributed by atoms with Crippen LogP contribution in [0.25, 0.3) is 11.1 Å². The summed E-state index contributed by atoms with van der Waals surface area (Å²) in [5, 5.41) is 22.6. The van der Waals surface area contributed by atoms with Crippen molar-refractivity contribution in [2.75, 3.05) is 0 Å². The first-order chi connectivity index (χ1) is 30.7. The highest BCUT2D eigenvalue weighted by Gasteiger charge is 2.40. The van der Waals surface area contributed by atoms with E-state index in [0.29, 0.717) is 67.1 Å². The number of carboxylic acid groups (broad SMARTS) is 1. The molecular formula is C49H34Cl2F3N3O7. The molecule has 2 heterocycles. The number of aliphatic carboxylic acids is 1. The lowest BCUT2D eigenvalue weighted by atomic mass is 9.87. The van der Waals surface area contributed by atoms with Crippen LogP contribution in [-0.2, 0) is 46.8 Å². The maximum Gasteiger partial charge on any atom is 0.326 e. The minimum absolute atomic E-state index is 0.0422. The van der Waals surface area contributed by atoms with Crippen LogP contribution in [-0.4, -0.2) is 45.7 Å². The van der Waals surface area contributed by atoms with Crippen LogP contribution in [0.5, 0.6) is 11.5 Å². The molecular weight excluding hydrogens is 870 g/mol. The molecule has 6 aromatic carbocycles. The number of fused-ring (bicyclic) bond motifs is 2. The first-order valence-corrected chi connectivity index (χ1v) is 20.6. The van der Waals surface area contributed by atoms with E-state index in [-0.39, 0.29) is 38.2 Å². The normalized spacial score (nSPS) is 15.8. The zero-order valence-electron chi connectivity index (χ0n) is 33.4. The van der Waals surface area contributed by atoms with Gasteiger partial charge in [-0.05, 0) is 75.8 Å². The number of hydrogen-bond donors (Lipinski definition) is 2. The molecule has 8 rings (SSSR count). The van der Waals surface area contributed by atoms with Crippen molar-refractivity contribution in [3.8, 4) is 28.7 Å². The van der Waals surface area contributed by atoms with Crippen molar-refractivity contribution in [1.29, 1.82) is 5.26 Å². The summed E-state index contributed by atoms with van der Waals surface area (Å²) in [6.45, 7) is -0.162. The topological polar surface area (TPSA) is 146 Å². The molecule has 1 unspecified atom stereocenters.